The van der Waals surface area contributed by atoms with E-state index in [1.54, 1.807) is 61.5 Å². The molecular weight excluding hydrogens is 664 g/mol. The summed E-state index contributed by atoms with van der Waals surface area (Å²) in [4.78, 5) is 79.9. The van der Waals surface area contributed by atoms with Crippen LogP contribution in [0.15, 0.2) is 24.3 Å². The Labute approximate surface area is 301 Å². The first kappa shape index (κ1) is 43.6. The molecule has 1 fully saturated rings. The zero-order valence-electron chi connectivity index (χ0n) is 32.1. The van der Waals surface area contributed by atoms with Gasteiger partial charge in [0.2, 0.25) is 0 Å². The van der Waals surface area contributed by atoms with E-state index in [-0.39, 0.29) is 5.57 Å². The Morgan fingerprint density at radius 2 is 1.37 bits per heavy atom. The van der Waals surface area contributed by atoms with Crippen molar-refractivity contribution in [3.63, 3.8) is 0 Å². The fraction of sp³-hybridized carbons (Fsp3) is 0.737. The summed E-state index contributed by atoms with van der Waals surface area (Å²) in [5, 5.41) is 24.7. The number of carbonyl (C=O) groups is 6. The number of ether oxygens (including phenoxy) is 5. The Bertz CT molecular complexity index is 1380. The van der Waals surface area contributed by atoms with Crippen LogP contribution in [0.2, 0.25) is 0 Å². The minimum Gasteiger partial charge on any atom is -0.458 e. The summed E-state index contributed by atoms with van der Waals surface area (Å²) in [6, 6.07) is 0. The summed E-state index contributed by atoms with van der Waals surface area (Å²) in [6.07, 6.45) is -5.20. The third-order valence-corrected chi connectivity index (χ3v) is 10.1. The van der Waals surface area contributed by atoms with E-state index in [1.165, 1.54) is 19.9 Å². The van der Waals surface area contributed by atoms with Crippen LogP contribution in [0.3, 0.4) is 0 Å². The van der Waals surface area contributed by atoms with Crippen molar-refractivity contribution in [1.29, 1.82) is 0 Å². The Kier molecular flexibility index (Phi) is 14.4. The maximum atomic E-state index is 14.5. The van der Waals surface area contributed by atoms with Gasteiger partial charge in [0.15, 0.2) is 24.1 Å². The van der Waals surface area contributed by atoms with E-state index in [0.717, 1.165) is 13.8 Å². The highest BCUT2D eigenvalue weighted by atomic mass is 16.6. The van der Waals surface area contributed by atoms with Crippen molar-refractivity contribution in [3.8, 4) is 0 Å². The van der Waals surface area contributed by atoms with E-state index >= 15 is 0 Å². The largest absolute Gasteiger partial charge is 0.458 e. The number of rotatable bonds is 10. The van der Waals surface area contributed by atoms with Gasteiger partial charge >= 0.3 is 29.8 Å². The lowest BCUT2D eigenvalue weighted by Crippen LogP contribution is -2.58. The summed E-state index contributed by atoms with van der Waals surface area (Å²) in [7, 11) is 0. The molecule has 11 atom stereocenters. The molecule has 0 aromatic rings. The SMILES string of the molecule is C=C1C(OC(=O)C(C)C)C(OC(C)=O)C(OC(C)=O)C(C)(C)C=CC(C)C(=O)C2(O)CC(C)(OC(=O)C(C)CC)C(O)C2C1OC(=O)C(C)CC. The molecule has 0 bridgehead atoms. The lowest BCUT2D eigenvalue weighted by molar-refractivity contribution is -0.193. The Morgan fingerprint density at radius 1 is 0.863 bits per heavy atom. The number of esters is 5. The summed E-state index contributed by atoms with van der Waals surface area (Å²) in [5.41, 5.74) is -5.91. The van der Waals surface area contributed by atoms with E-state index in [0.29, 0.717) is 12.8 Å². The maximum Gasteiger partial charge on any atom is 0.309 e. The smallest absolute Gasteiger partial charge is 0.309 e. The molecule has 2 rings (SSSR count). The van der Waals surface area contributed by atoms with Crippen LogP contribution in [0.25, 0.3) is 0 Å². The van der Waals surface area contributed by atoms with Crippen LogP contribution in [0.5, 0.6) is 0 Å². The van der Waals surface area contributed by atoms with E-state index < -0.39 is 119 Å². The van der Waals surface area contributed by atoms with Gasteiger partial charge in [-0.25, -0.2) is 0 Å². The van der Waals surface area contributed by atoms with Gasteiger partial charge in [-0.15, -0.1) is 0 Å². The highest BCUT2D eigenvalue weighted by molar-refractivity contribution is 5.92. The number of hydrogen-bond donors (Lipinski definition) is 2. The van der Waals surface area contributed by atoms with Crippen molar-refractivity contribution in [1.82, 2.24) is 0 Å². The topological polar surface area (TPSA) is 189 Å². The fourth-order valence-corrected chi connectivity index (χ4v) is 6.49. The normalized spacial score (nSPS) is 33.5. The number of aliphatic hydroxyl groups is 2. The van der Waals surface area contributed by atoms with Gasteiger partial charge < -0.3 is 33.9 Å². The van der Waals surface area contributed by atoms with Crippen molar-refractivity contribution in [2.24, 2.45) is 35.0 Å². The minimum absolute atomic E-state index is 0.287. The van der Waals surface area contributed by atoms with E-state index in [2.05, 4.69) is 6.58 Å². The highest BCUT2D eigenvalue weighted by Gasteiger charge is 2.68. The van der Waals surface area contributed by atoms with Gasteiger partial charge in [-0.05, 0) is 19.8 Å². The quantitative estimate of drug-likeness (QED) is 0.186. The maximum absolute atomic E-state index is 14.5. The van der Waals surface area contributed by atoms with E-state index in [9.17, 15) is 39.0 Å². The Morgan fingerprint density at radius 3 is 1.86 bits per heavy atom. The zero-order chi connectivity index (χ0) is 39.4. The second-order valence-corrected chi connectivity index (χ2v) is 15.3. The molecule has 2 aliphatic carbocycles. The molecule has 0 saturated heterocycles. The lowest BCUT2D eigenvalue weighted by Gasteiger charge is -2.43. The van der Waals surface area contributed by atoms with E-state index in [1.807, 2.05) is 0 Å². The number of Topliss-reactive ketones (excluding diaryl/α,β-unsaturated/α-hetero) is 1. The second-order valence-electron chi connectivity index (χ2n) is 15.3. The first-order valence-electron chi connectivity index (χ1n) is 17.7. The van der Waals surface area contributed by atoms with Gasteiger partial charge in [0, 0.05) is 37.2 Å². The number of carbonyl (C=O) groups excluding carboxylic acids is 6. The first-order valence-corrected chi connectivity index (χ1v) is 17.7. The monoisotopic (exact) mass is 722 g/mol. The highest BCUT2D eigenvalue weighted by Crippen LogP contribution is 2.51. The van der Waals surface area contributed by atoms with Crippen molar-refractivity contribution < 1.29 is 62.7 Å². The molecule has 0 spiro atoms. The molecule has 13 heteroatoms. The molecule has 2 aliphatic rings. The predicted molar refractivity (Wildman–Crippen MR) is 184 cm³/mol. The lowest BCUT2D eigenvalue weighted by atomic mass is 9.72. The average Bonchev–Trinajstić information content (AvgIpc) is 3.24. The zero-order valence-corrected chi connectivity index (χ0v) is 32.1. The molecule has 0 aliphatic heterocycles. The molecule has 288 valence electrons. The summed E-state index contributed by atoms with van der Waals surface area (Å²) < 4.78 is 29.4. The number of ketones is 1. The predicted octanol–water partition coefficient (Wildman–Crippen LogP) is 4.19. The van der Waals surface area contributed by atoms with Gasteiger partial charge in [-0.3, -0.25) is 28.8 Å². The van der Waals surface area contributed by atoms with Gasteiger partial charge in [-0.1, -0.05) is 81.0 Å². The fourth-order valence-electron chi connectivity index (χ4n) is 6.49. The van der Waals surface area contributed by atoms with Crippen LogP contribution in [0.4, 0.5) is 0 Å². The molecule has 1 saturated carbocycles. The average molecular weight is 723 g/mol. The van der Waals surface area contributed by atoms with Gasteiger partial charge in [0.05, 0.1) is 23.7 Å². The number of aliphatic hydroxyl groups excluding tert-OH is 1. The molecule has 0 aromatic carbocycles. The molecule has 51 heavy (non-hydrogen) atoms. The molecule has 0 radical (unpaired) electrons. The molecule has 0 heterocycles. The van der Waals surface area contributed by atoms with Crippen LogP contribution in [0, 0.1) is 35.0 Å². The van der Waals surface area contributed by atoms with Crippen molar-refractivity contribution in [2.75, 3.05) is 0 Å². The third kappa shape index (κ3) is 9.65. The van der Waals surface area contributed by atoms with Crippen molar-refractivity contribution in [2.45, 2.75) is 144 Å². The second kappa shape index (κ2) is 16.8. The van der Waals surface area contributed by atoms with Crippen LogP contribution in [-0.4, -0.2) is 87.6 Å². The minimum atomic E-state index is -2.51. The number of fused-ring (bicyclic) bond motifs is 1. The third-order valence-electron chi connectivity index (χ3n) is 10.1. The number of hydrogen-bond acceptors (Lipinski definition) is 13. The Hall–Kier alpha value is -3.58. The van der Waals surface area contributed by atoms with Crippen molar-refractivity contribution >= 4 is 35.6 Å². The molecule has 2 N–H and O–H groups in total. The van der Waals surface area contributed by atoms with Gasteiger partial charge in [0.1, 0.15) is 23.4 Å². The summed E-state index contributed by atoms with van der Waals surface area (Å²) in [6.45, 7) is 22.4. The number of allylic oxidation sites excluding steroid dienone is 1. The molecule has 0 amide bonds. The molecule has 11 unspecified atom stereocenters. The summed E-state index contributed by atoms with van der Waals surface area (Å²) >= 11 is 0. The standard InChI is InChI=1S/C38H58O13/c1-14-20(5)34(44)49-27-23(8)28(50-33(43)19(3)4)29(47-24(9)39)32(48-25(10)40)36(11,12)17-16-22(7)30(41)38(46)18-37(13,31(42)26(27)38)51-35(45)21(6)15-2/h16-17,19-22,26-29,31-32,42,46H,8,14-15,18H2,1-7,9-13H3. The first-order chi connectivity index (χ1) is 23.4. The van der Waals surface area contributed by atoms with Crippen LogP contribution < -0.4 is 0 Å². The van der Waals surface area contributed by atoms with Crippen molar-refractivity contribution in [3.05, 3.63) is 24.3 Å². The Balaban J connectivity index is 3.12. The molecule has 13 nitrogen and oxygen atoms in total. The van der Waals surface area contributed by atoms with Gasteiger partial charge in [-0.2, -0.15) is 0 Å². The van der Waals surface area contributed by atoms with E-state index in [4.69, 9.17) is 23.7 Å². The molecular formula is C38H58O13. The molecule has 0 aromatic heterocycles. The van der Waals surface area contributed by atoms with Crippen LogP contribution in [0.1, 0.15) is 102 Å². The van der Waals surface area contributed by atoms with Gasteiger partial charge in [0.25, 0.3) is 0 Å². The van der Waals surface area contributed by atoms with Crippen LogP contribution >= 0.6 is 0 Å². The van der Waals surface area contributed by atoms with Crippen LogP contribution in [-0.2, 0) is 52.5 Å². The summed E-state index contributed by atoms with van der Waals surface area (Å²) in [5.74, 6) is -9.54.